The lowest BCUT2D eigenvalue weighted by Gasteiger charge is -2.49. The first-order valence-corrected chi connectivity index (χ1v) is 7.48. The van der Waals surface area contributed by atoms with Gasteiger partial charge in [0.15, 0.2) is 0 Å². The molecule has 3 fully saturated rings. The summed E-state index contributed by atoms with van der Waals surface area (Å²) in [5.41, 5.74) is 0. The van der Waals surface area contributed by atoms with Crippen LogP contribution in [0.1, 0.15) is 19.8 Å². The topological polar surface area (TPSA) is 50.2 Å². The largest absolute Gasteiger partial charge is 0.342 e. The second kappa shape index (κ2) is 4.80. The molecule has 3 saturated heterocycles. The Hall–Kier alpha value is -0.630. The third kappa shape index (κ3) is 2.16. The summed E-state index contributed by atoms with van der Waals surface area (Å²) in [5, 5.41) is 7.20. The second-order valence-corrected chi connectivity index (χ2v) is 6.44. The molecule has 18 heavy (non-hydrogen) atoms. The van der Waals surface area contributed by atoms with E-state index in [4.69, 9.17) is 0 Å². The molecule has 4 heterocycles. The van der Waals surface area contributed by atoms with Gasteiger partial charge >= 0.3 is 6.03 Å². The summed E-state index contributed by atoms with van der Waals surface area (Å²) in [6.07, 6.45) is 5.85. The van der Waals surface area contributed by atoms with Crippen LogP contribution in [-0.2, 0) is 0 Å². The number of piperidine rings is 3. The molecule has 3 aliphatic heterocycles. The minimum Gasteiger partial charge on any atom is -0.332 e. The normalized spacial score (nSPS) is 34.6. The molecule has 0 radical (unpaired) electrons. The molecule has 1 aromatic rings. The molecule has 98 valence electrons. The maximum absolute atomic E-state index is 12.1. The Morgan fingerprint density at radius 1 is 1.50 bits per heavy atom. The van der Waals surface area contributed by atoms with E-state index in [1.54, 1.807) is 12.4 Å². The fourth-order valence-electron chi connectivity index (χ4n) is 3.17. The van der Waals surface area contributed by atoms with Gasteiger partial charge < -0.3 is 5.32 Å². The van der Waals surface area contributed by atoms with Gasteiger partial charge in [0.25, 0.3) is 0 Å². The van der Waals surface area contributed by atoms with Gasteiger partial charge in [-0.1, -0.05) is 0 Å². The number of aromatic nitrogens is 2. The van der Waals surface area contributed by atoms with Gasteiger partial charge in [-0.15, -0.1) is 0 Å². The van der Waals surface area contributed by atoms with Crippen molar-refractivity contribution in [1.29, 1.82) is 0 Å². The van der Waals surface area contributed by atoms with Crippen molar-refractivity contribution >= 4 is 28.6 Å². The Bertz CT molecular complexity index is 451. The molecule has 1 N–H and O–H groups in total. The van der Waals surface area contributed by atoms with E-state index in [9.17, 15) is 4.79 Å². The van der Waals surface area contributed by atoms with E-state index in [1.807, 2.05) is 0 Å². The summed E-state index contributed by atoms with van der Waals surface area (Å²) in [6, 6.07) is 0.599. The van der Waals surface area contributed by atoms with Crippen molar-refractivity contribution in [1.82, 2.24) is 20.0 Å². The summed E-state index contributed by atoms with van der Waals surface area (Å²) >= 11 is 2.16. The molecule has 5 nitrogen and oxygen atoms in total. The van der Waals surface area contributed by atoms with Crippen molar-refractivity contribution in [3.05, 3.63) is 16.0 Å². The maximum Gasteiger partial charge on any atom is 0.342 e. The lowest BCUT2D eigenvalue weighted by molar-refractivity contribution is 0.0266. The Labute approximate surface area is 120 Å². The highest BCUT2D eigenvalue weighted by molar-refractivity contribution is 14.1. The van der Waals surface area contributed by atoms with E-state index in [0.29, 0.717) is 12.0 Å². The molecule has 0 saturated carbocycles. The van der Waals surface area contributed by atoms with Gasteiger partial charge in [0, 0.05) is 18.3 Å². The Balaban J connectivity index is 1.71. The first-order valence-electron chi connectivity index (χ1n) is 6.40. The average molecular weight is 360 g/mol. The molecule has 2 atom stereocenters. The van der Waals surface area contributed by atoms with Crippen LogP contribution in [0.25, 0.3) is 0 Å². The van der Waals surface area contributed by atoms with Gasteiger partial charge in [0.05, 0.1) is 9.77 Å². The highest BCUT2D eigenvalue weighted by atomic mass is 127. The van der Waals surface area contributed by atoms with Crippen molar-refractivity contribution in [2.24, 2.45) is 5.92 Å². The third-order valence-corrected chi connectivity index (χ3v) is 4.78. The molecule has 0 spiro atoms. The van der Waals surface area contributed by atoms with Crippen LogP contribution >= 0.6 is 22.6 Å². The lowest BCUT2D eigenvalue weighted by Crippen LogP contribution is -2.62. The van der Waals surface area contributed by atoms with Gasteiger partial charge in [-0.3, -0.25) is 4.90 Å². The lowest BCUT2D eigenvalue weighted by atomic mass is 9.79. The summed E-state index contributed by atoms with van der Waals surface area (Å²) in [6.45, 7) is 4.57. The van der Waals surface area contributed by atoms with Crippen molar-refractivity contribution < 1.29 is 4.79 Å². The van der Waals surface area contributed by atoms with Crippen LogP contribution in [0, 0.1) is 9.49 Å². The molecule has 0 aromatic carbocycles. The molecule has 3 aliphatic rings. The van der Waals surface area contributed by atoms with Crippen LogP contribution in [0.3, 0.4) is 0 Å². The summed E-state index contributed by atoms with van der Waals surface area (Å²) in [7, 11) is 0. The van der Waals surface area contributed by atoms with E-state index >= 15 is 0 Å². The minimum atomic E-state index is -0.108. The molecule has 2 bridgehead atoms. The van der Waals surface area contributed by atoms with Crippen LogP contribution < -0.4 is 5.32 Å². The van der Waals surface area contributed by atoms with E-state index in [1.165, 1.54) is 30.6 Å². The number of hydrogen-bond acceptors (Lipinski definition) is 3. The van der Waals surface area contributed by atoms with Crippen molar-refractivity contribution in [3.8, 4) is 0 Å². The van der Waals surface area contributed by atoms with Crippen molar-refractivity contribution in [2.45, 2.75) is 31.8 Å². The predicted octanol–water partition coefficient (Wildman–Crippen LogP) is 1.53. The number of nitrogens with zero attached hydrogens (tertiary/aromatic N) is 3. The van der Waals surface area contributed by atoms with E-state index < -0.39 is 0 Å². The van der Waals surface area contributed by atoms with Crippen LogP contribution in [0.5, 0.6) is 0 Å². The van der Waals surface area contributed by atoms with E-state index in [2.05, 4.69) is 44.8 Å². The molecular formula is C12H17IN4O. The quantitative estimate of drug-likeness (QED) is 0.773. The molecule has 4 rings (SSSR count). The van der Waals surface area contributed by atoms with Crippen LogP contribution in [0.2, 0.25) is 0 Å². The number of amides is 1. The zero-order chi connectivity index (χ0) is 12.7. The minimum absolute atomic E-state index is 0.108. The highest BCUT2D eigenvalue weighted by Gasteiger charge is 2.40. The van der Waals surface area contributed by atoms with Crippen molar-refractivity contribution in [2.75, 3.05) is 13.1 Å². The number of fused-ring (bicyclic) bond motifs is 3. The first-order chi connectivity index (χ1) is 8.65. The van der Waals surface area contributed by atoms with Crippen LogP contribution in [0.4, 0.5) is 4.79 Å². The smallest absolute Gasteiger partial charge is 0.332 e. The fraction of sp³-hybridized carbons (Fsp3) is 0.667. The van der Waals surface area contributed by atoms with Crippen LogP contribution in [-0.4, -0.2) is 45.9 Å². The fourth-order valence-corrected chi connectivity index (χ4v) is 3.55. The van der Waals surface area contributed by atoms with Gasteiger partial charge in [0.1, 0.15) is 0 Å². The molecular weight excluding hydrogens is 343 g/mol. The van der Waals surface area contributed by atoms with Gasteiger partial charge in [-0.05, 0) is 61.4 Å². The molecule has 0 unspecified atom stereocenters. The number of halogens is 1. The Kier molecular flexibility index (Phi) is 3.31. The number of nitrogens with one attached hydrogen (secondary N) is 1. The van der Waals surface area contributed by atoms with Gasteiger partial charge in [-0.25, -0.2) is 4.79 Å². The molecule has 0 aliphatic carbocycles. The monoisotopic (exact) mass is 360 g/mol. The molecule has 1 aromatic heterocycles. The van der Waals surface area contributed by atoms with Gasteiger partial charge in [-0.2, -0.15) is 9.78 Å². The molecule has 6 heteroatoms. The number of carbonyl (C=O) groups is 1. The zero-order valence-electron chi connectivity index (χ0n) is 10.3. The number of rotatable bonds is 1. The van der Waals surface area contributed by atoms with E-state index in [-0.39, 0.29) is 12.1 Å². The SMILES string of the molecule is C[C@@H]1[C@H](NC(=O)n2cc(I)cn2)C2CCN1CC2. The first kappa shape index (κ1) is 12.4. The summed E-state index contributed by atoms with van der Waals surface area (Å²) < 4.78 is 2.37. The number of hydrogen-bond donors (Lipinski definition) is 1. The second-order valence-electron chi connectivity index (χ2n) is 5.19. The standard InChI is InChI=1S/C12H17IN4O/c1-8-11(9-2-4-16(8)5-3-9)15-12(18)17-7-10(13)6-14-17/h6-9,11H,2-5H2,1H3,(H,15,18)/t8-,11+/m1/s1. The molecule has 1 amide bonds. The van der Waals surface area contributed by atoms with E-state index in [0.717, 1.165) is 3.57 Å². The maximum atomic E-state index is 12.1. The average Bonchev–Trinajstić information content (AvgIpc) is 2.81. The highest BCUT2D eigenvalue weighted by Crippen LogP contribution is 2.32. The summed E-state index contributed by atoms with van der Waals surface area (Å²) in [5.74, 6) is 0.628. The Morgan fingerprint density at radius 2 is 2.22 bits per heavy atom. The van der Waals surface area contributed by atoms with Crippen molar-refractivity contribution in [3.63, 3.8) is 0 Å². The predicted molar refractivity (Wildman–Crippen MR) is 76.4 cm³/mol. The van der Waals surface area contributed by atoms with Crippen LogP contribution in [0.15, 0.2) is 12.4 Å². The Morgan fingerprint density at radius 3 is 2.78 bits per heavy atom. The van der Waals surface area contributed by atoms with Gasteiger partial charge in [0.2, 0.25) is 0 Å². The summed E-state index contributed by atoms with van der Waals surface area (Å²) in [4.78, 5) is 14.6. The zero-order valence-corrected chi connectivity index (χ0v) is 12.5. The number of carbonyl (C=O) groups excluding carboxylic acids is 1. The third-order valence-electron chi connectivity index (χ3n) is 4.23.